The number of anilines is 1. The van der Waals surface area contributed by atoms with Crippen LogP contribution < -0.4 is 14.4 Å². The zero-order chi connectivity index (χ0) is 17.1. The lowest BCUT2D eigenvalue weighted by Crippen LogP contribution is -2.35. The van der Waals surface area contributed by atoms with Crippen LogP contribution in [0.4, 0.5) is 5.82 Å². The summed E-state index contributed by atoms with van der Waals surface area (Å²) in [5.41, 5.74) is 0.814. The Morgan fingerprint density at radius 3 is 2.42 bits per heavy atom. The lowest BCUT2D eigenvalue weighted by Gasteiger charge is -2.33. The Labute approximate surface area is 142 Å². The Kier molecular flexibility index (Phi) is 5.33. The Hall–Kier alpha value is -1.69. The number of fused-ring (bicyclic) bond motifs is 1. The first kappa shape index (κ1) is 17.1. The highest BCUT2D eigenvalue weighted by Gasteiger charge is 2.24. The minimum atomic E-state index is -1.81. The van der Waals surface area contributed by atoms with Gasteiger partial charge in [-0.25, -0.2) is 9.97 Å². The van der Waals surface area contributed by atoms with E-state index in [1.165, 1.54) is 0 Å². The van der Waals surface area contributed by atoms with Crippen LogP contribution in [0.1, 0.15) is 12.8 Å². The molecule has 0 unspecified atom stereocenters. The Morgan fingerprint density at radius 2 is 1.79 bits per heavy atom. The van der Waals surface area contributed by atoms with Gasteiger partial charge in [0.1, 0.15) is 12.1 Å². The molecular weight excluding hydrogens is 329 g/mol. The molecule has 24 heavy (non-hydrogen) atoms. The number of hydrogen-bond acceptors (Lipinski definition) is 7. The summed E-state index contributed by atoms with van der Waals surface area (Å²) in [5.74, 6) is 2.55. The maximum absolute atomic E-state index is 9.20. The van der Waals surface area contributed by atoms with E-state index < -0.39 is 8.38 Å². The van der Waals surface area contributed by atoms with Gasteiger partial charge in [-0.2, -0.15) is 0 Å². The molecule has 1 aromatic heterocycles. The highest BCUT2D eigenvalue weighted by molar-refractivity contribution is 7.45. The lowest BCUT2D eigenvalue weighted by atomic mass is 9.98. The molecule has 1 aliphatic rings. The van der Waals surface area contributed by atoms with Crippen LogP contribution in [0.5, 0.6) is 11.5 Å². The molecule has 0 bridgehead atoms. The van der Waals surface area contributed by atoms with E-state index in [0.29, 0.717) is 23.6 Å². The number of ether oxygens (including phenoxy) is 2. The van der Waals surface area contributed by atoms with E-state index in [1.54, 1.807) is 20.5 Å². The van der Waals surface area contributed by atoms with Gasteiger partial charge in [0.15, 0.2) is 19.9 Å². The van der Waals surface area contributed by atoms with Gasteiger partial charge in [-0.3, -0.25) is 0 Å². The van der Waals surface area contributed by atoms with E-state index in [2.05, 4.69) is 14.9 Å². The average molecular weight is 351 g/mol. The fourth-order valence-corrected chi connectivity index (χ4v) is 4.01. The van der Waals surface area contributed by atoms with Gasteiger partial charge < -0.3 is 24.2 Å². The van der Waals surface area contributed by atoms with Crippen molar-refractivity contribution in [1.82, 2.24) is 9.97 Å². The van der Waals surface area contributed by atoms with Gasteiger partial charge in [0, 0.05) is 30.7 Å². The standard InChI is InChI=1S/C16H22N3O4P/c1-22-14-7-12-13(8-15(14)23-2)17-10-18-16(12)19-5-3-11(4-6-19)9-24(20)21/h7-8,10-11,20-21H,3-6,9H2,1-2H3. The molecule has 1 saturated heterocycles. The second-order valence-electron chi connectivity index (χ2n) is 5.91. The molecule has 0 saturated carbocycles. The summed E-state index contributed by atoms with van der Waals surface area (Å²) in [5, 5.41) is 0.931. The van der Waals surface area contributed by atoms with Crippen molar-refractivity contribution in [3.05, 3.63) is 18.5 Å². The predicted molar refractivity (Wildman–Crippen MR) is 93.8 cm³/mol. The predicted octanol–water partition coefficient (Wildman–Crippen LogP) is 2.16. The number of rotatable bonds is 5. The Morgan fingerprint density at radius 1 is 1.12 bits per heavy atom. The molecule has 3 rings (SSSR count). The number of hydrogen-bond donors (Lipinski definition) is 2. The van der Waals surface area contributed by atoms with Crippen molar-refractivity contribution in [2.75, 3.05) is 38.4 Å². The number of piperidine rings is 1. The molecule has 0 amide bonds. The van der Waals surface area contributed by atoms with Crippen LogP contribution >= 0.6 is 8.38 Å². The van der Waals surface area contributed by atoms with Crippen LogP contribution in [-0.2, 0) is 0 Å². The van der Waals surface area contributed by atoms with Crippen LogP contribution in [0.2, 0.25) is 0 Å². The maximum Gasteiger partial charge on any atom is 0.165 e. The first-order valence-electron chi connectivity index (χ1n) is 7.89. The molecule has 7 nitrogen and oxygen atoms in total. The van der Waals surface area contributed by atoms with E-state index >= 15 is 0 Å². The van der Waals surface area contributed by atoms with Crippen molar-refractivity contribution in [3.8, 4) is 11.5 Å². The van der Waals surface area contributed by atoms with Gasteiger partial charge >= 0.3 is 0 Å². The summed E-state index contributed by atoms with van der Waals surface area (Å²) in [6.45, 7) is 1.68. The van der Waals surface area contributed by atoms with Crippen molar-refractivity contribution in [2.45, 2.75) is 12.8 Å². The zero-order valence-corrected chi connectivity index (χ0v) is 14.7. The summed E-state index contributed by atoms with van der Waals surface area (Å²) in [6.07, 6.45) is 3.92. The largest absolute Gasteiger partial charge is 0.493 e. The Bertz CT molecular complexity index is 705. The highest BCUT2D eigenvalue weighted by atomic mass is 31.2. The molecule has 0 radical (unpaired) electrons. The van der Waals surface area contributed by atoms with E-state index in [-0.39, 0.29) is 0 Å². The second kappa shape index (κ2) is 7.47. The molecule has 1 fully saturated rings. The van der Waals surface area contributed by atoms with Crippen LogP contribution in [0.3, 0.4) is 0 Å². The van der Waals surface area contributed by atoms with E-state index in [1.807, 2.05) is 12.1 Å². The van der Waals surface area contributed by atoms with Gasteiger partial charge in [0.2, 0.25) is 0 Å². The van der Waals surface area contributed by atoms with E-state index in [9.17, 15) is 9.79 Å². The van der Waals surface area contributed by atoms with Crippen LogP contribution in [0, 0.1) is 5.92 Å². The summed E-state index contributed by atoms with van der Waals surface area (Å²) < 4.78 is 10.7. The fraction of sp³-hybridized carbons (Fsp3) is 0.500. The summed E-state index contributed by atoms with van der Waals surface area (Å²) in [4.78, 5) is 29.4. The third-order valence-corrected chi connectivity index (χ3v) is 5.30. The van der Waals surface area contributed by atoms with Crippen molar-refractivity contribution in [2.24, 2.45) is 5.92 Å². The third-order valence-electron chi connectivity index (χ3n) is 4.46. The van der Waals surface area contributed by atoms with Gasteiger partial charge in [0.05, 0.1) is 19.7 Å². The van der Waals surface area contributed by atoms with Crippen LogP contribution in [0.25, 0.3) is 10.9 Å². The van der Waals surface area contributed by atoms with Gasteiger partial charge in [-0.15, -0.1) is 0 Å². The lowest BCUT2D eigenvalue weighted by molar-refractivity contribution is 0.355. The molecule has 2 heterocycles. The zero-order valence-electron chi connectivity index (χ0n) is 13.8. The fourth-order valence-electron chi connectivity index (χ4n) is 3.18. The summed E-state index contributed by atoms with van der Waals surface area (Å²) in [6, 6.07) is 3.77. The van der Waals surface area contributed by atoms with Crippen LogP contribution in [0.15, 0.2) is 18.5 Å². The molecule has 2 aromatic rings. The first-order chi connectivity index (χ1) is 11.6. The molecule has 0 aliphatic carbocycles. The van der Waals surface area contributed by atoms with Gasteiger partial charge in [-0.1, -0.05) is 0 Å². The Balaban J connectivity index is 1.87. The van der Waals surface area contributed by atoms with Gasteiger partial charge in [0.25, 0.3) is 0 Å². The van der Waals surface area contributed by atoms with E-state index in [0.717, 1.165) is 42.7 Å². The SMILES string of the molecule is COc1cc2ncnc(N3CCC(CP(O)O)CC3)c2cc1OC. The minimum Gasteiger partial charge on any atom is -0.493 e. The monoisotopic (exact) mass is 351 g/mol. The average Bonchev–Trinajstić information content (AvgIpc) is 2.60. The normalized spacial score (nSPS) is 16.0. The van der Waals surface area contributed by atoms with Crippen molar-refractivity contribution in [1.29, 1.82) is 0 Å². The van der Waals surface area contributed by atoms with Crippen molar-refractivity contribution >= 4 is 25.1 Å². The molecule has 1 aromatic carbocycles. The molecule has 0 atom stereocenters. The quantitative estimate of drug-likeness (QED) is 0.798. The maximum atomic E-state index is 9.20. The van der Waals surface area contributed by atoms with Crippen molar-refractivity contribution in [3.63, 3.8) is 0 Å². The minimum absolute atomic E-state index is 0.366. The highest BCUT2D eigenvalue weighted by Crippen LogP contribution is 2.37. The topological polar surface area (TPSA) is 87.9 Å². The molecule has 0 spiro atoms. The van der Waals surface area contributed by atoms with Crippen LogP contribution in [-0.4, -0.2) is 53.2 Å². The first-order valence-corrected chi connectivity index (χ1v) is 9.32. The molecule has 130 valence electrons. The van der Waals surface area contributed by atoms with Gasteiger partial charge in [-0.05, 0) is 24.8 Å². The summed E-state index contributed by atoms with van der Waals surface area (Å²) in [7, 11) is 1.41. The smallest absolute Gasteiger partial charge is 0.165 e. The second-order valence-corrected chi connectivity index (χ2v) is 7.02. The molecule has 8 heteroatoms. The van der Waals surface area contributed by atoms with E-state index in [4.69, 9.17) is 9.47 Å². The summed E-state index contributed by atoms with van der Waals surface area (Å²) >= 11 is 0. The molecular formula is C16H22N3O4P. The number of benzene rings is 1. The molecule has 1 aliphatic heterocycles. The molecule has 2 N–H and O–H groups in total. The third kappa shape index (κ3) is 3.53. The number of nitrogens with zero attached hydrogens (tertiary/aromatic N) is 3. The number of methoxy groups -OCH3 is 2. The number of aromatic nitrogens is 2. The van der Waals surface area contributed by atoms with Crippen molar-refractivity contribution < 1.29 is 19.3 Å².